The SMILES string of the molecule is NC(Cc1cc(Br)cc2c1CCC2)C(=O)O. The lowest BCUT2D eigenvalue weighted by atomic mass is 9.98. The number of carbonyl (C=O) groups is 1. The van der Waals surface area contributed by atoms with E-state index in [0.717, 1.165) is 29.3 Å². The van der Waals surface area contributed by atoms with Gasteiger partial charge in [0.2, 0.25) is 0 Å². The number of aliphatic carboxylic acids is 1. The number of nitrogens with two attached hydrogens (primary N) is 1. The Labute approximate surface area is 103 Å². The van der Waals surface area contributed by atoms with Crippen LogP contribution in [-0.2, 0) is 24.1 Å². The van der Waals surface area contributed by atoms with Crippen LogP contribution >= 0.6 is 15.9 Å². The van der Waals surface area contributed by atoms with Gasteiger partial charge in [-0.1, -0.05) is 15.9 Å². The Morgan fingerprint density at radius 3 is 2.94 bits per heavy atom. The molecule has 0 saturated carbocycles. The molecule has 0 spiro atoms. The lowest BCUT2D eigenvalue weighted by molar-refractivity contribution is -0.138. The first-order valence-corrected chi connectivity index (χ1v) is 6.16. The van der Waals surface area contributed by atoms with E-state index < -0.39 is 12.0 Å². The highest BCUT2D eigenvalue weighted by Crippen LogP contribution is 2.29. The van der Waals surface area contributed by atoms with Crippen LogP contribution in [0, 0.1) is 0 Å². The van der Waals surface area contributed by atoms with E-state index in [1.54, 1.807) is 0 Å². The number of carboxylic acid groups (broad SMARTS) is 1. The van der Waals surface area contributed by atoms with Crippen molar-refractivity contribution in [2.75, 3.05) is 0 Å². The highest BCUT2D eigenvalue weighted by atomic mass is 79.9. The van der Waals surface area contributed by atoms with Crippen LogP contribution in [0.2, 0.25) is 0 Å². The zero-order valence-corrected chi connectivity index (χ0v) is 10.5. The van der Waals surface area contributed by atoms with Gasteiger partial charge in [-0.15, -0.1) is 0 Å². The van der Waals surface area contributed by atoms with Crippen LogP contribution in [0.5, 0.6) is 0 Å². The summed E-state index contributed by atoms with van der Waals surface area (Å²) in [5, 5.41) is 8.82. The zero-order chi connectivity index (χ0) is 11.7. The Kier molecular flexibility index (Phi) is 3.30. The van der Waals surface area contributed by atoms with Gasteiger partial charge in [0.25, 0.3) is 0 Å². The molecule has 0 fully saturated rings. The minimum atomic E-state index is -0.938. The lowest BCUT2D eigenvalue weighted by Gasteiger charge is -2.12. The van der Waals surface area contributed by atoms with E-state index in [1.807, 2.05) is 6.07 Å². The van der Waals surface area contributed by atoms with Gasteiger partial charge < -0.3 is 10.8 Å². The van der Waals surface area contributed by atoms with Crippen LogP contribution in [-0.4, -0.2) is 17.1 Å². The van der Waals surface area contributed by atoms with Gasteiger partial charge in [0.1, 0.15) is 6.04 Å². The van der Waals surface area contributed by atoms with Gasteiger partial charge >= 0.3 is 5.97 Å². The predicted molar refractivity (Wildman–Crippen MR) is 65.5 cm³/mol. The van der Waals surface area contributed by atoms with Gasteiger partial charge in [0.05, 0.1) is 0 Å². The van der Waals surface area contributed by atoms with E-state index in [2.05, 4.69) is 22.0 Å². The number of benzene rings is 1. The number of fused-ring (bicyclic) bond motifs is 1. The number of rotatable bonds is 3. The van der Waals surface area contributed by atoms with Crippen LogP contribution in [0.25, 0.3) is 0 Å². The van der Waals surface area contributed by atoms with Crippen LogP contribution in [0.1, 0.15) is 23.1 Å². The predicted octanol–water partition coefficient (Wildman–Crippen LogP) is 1.89. The van der Waals surface area contributed by atoms with Crippen molar-refractivity contribution in [3.63, 3.8) is 0 Å². The molecule has 86 valence electrons. The molecule has 3 nitrogen and oxygen atoms in total. The molecule has 0 aliphatic heterocycles. The summed E-state index contributed by atoms with van der Waals surface area (Å²) in [6.45, 7) is 0. The third kappa shape index (κ3) is 2.28. The van der Waals surface area contributed by atoms with Crippen molar-refractivity contribution in [3.8, 4) is 0 Å². The van der Waals surface area contributed by atoms with Crippen molar-refractivity contribution in [3.05, 3.63) is 33.3 Å². The van der Waals surface area contributed by atoms with Crippen molar-refractivity contribution in [2.45, 2.75) is 31.7 Å². The van der Waals surface area contributed by atoms with Gasteiger partial charge in [-0.2, -0.15) is 0 Å². The summed E-state index contributed by atoms with van der Waals surface area (Å²) in [7, 11) is 0. The Bertz CT molecular complexity index is 431. The second-order valence-electron chi connectivity index (χ2n) is 4.20. The van der Waals surface area contributed by atoms with Crippen molar-refractivity contribution >= 4 is 21.9 Å². The number of aryl methyl sites for hydroxylation is 1. The zero-order valence-electron chi connectivity index (χ0n) is 8.87. The average molecular weight is 284 g/mol. The first-order chi connectivity index (χ1) is 7.58. The van der Waals surface area contributed by atoms with E-state index >= 15 is 0 Å². The van der Waals surface area contributed by atoms with Gasteiger partial charge in [-0.3, -0.25) is 4.79 Å². The molecule has 0 bridgehead atoms. The molecule has 2 rings (SSSR count). The average Bonchev–Trinajstić information content (AvgIpc) is 2.65. The molecule has 1 aliphatic carbocycles. The molecule has 16 heavy (non-hydrogen) atoms. The summed E-state index contributed by atoms with van der Waals surface area (Å²) in [5.74, 6) is -0.938. The fraction of sp³-hybridized carbons (Fsp3) is 0.417. The van der Waals surface area contributed by atoms with Gasteiger partial charge in [0, 0.05) is 4.47 Å². The highest BCUT2D eigenvalue weighted by molar-refractivity contribution is 9.10. The lowest BCUT2D eigenvalue weighted by Crippen LogP contribution is -2.32. The molecule has 0 heterocycles. The molecule has 0 amide bonds. The Morgan fingerprint density at radius 1 is 1.50 bits per heavy atom. The van der Waals surface area contributed by atoms with Crippen LogP contribution < -0.4 is 5.73 Å². The second kappa shape index (κ2) is 4.55. The summed E-state index contributed by atoms with van der Waals surface area (Å²) >= 11 is 3.45. The molecule has 1 aliphatic rings. The molecule has 0 saturated heterocycles. The fourth-order valence-electron chi connectivity index (χ4n) is 2.26. The molecule has 1 atom stereocenters. The van der Waals surface area contributed by atoms with Crippen LogP contribution in [0.3, 0.4) is 0 Å². The number of halogens is 1. The van der Waals surface area contributed by atoms with E-state index in [1.165, 1.54) is 11.1 Å². The van der Waals surface area contributed by atoms with Crippen molar-refractivity contribution in [1.29, 1.82) is 0 Å². The van der Waals surface area contributed by atoms with Crippen molar-refractivity contribution in [1.82, 2.24) is 0 Å². The molecule has 0 radical (unpaired) electrons. The molecular formula is C12H14BrNO2. The molecule has 1 unspecified atom stereocenters. The van der Waals surface area contributed by atoms with Crippen molar-refractivity contribution < 1.29 is 9.90 Å². The normalized spacial score (nSPS) is 15.9. The minimum absolute atomic E-state index is 0.414. The van der Waals surface area contributed by atoms with Crippen molar-refractivity contribution in [2.24, 2.45) is 5.73 Å². The maximum atomic E-state index is 10.8. The highest BCUT2D eigenvalue weighted by Gasteiger charge is 2.19. The summed E-state index contributed by atoms with van der Waals surface area (Å²) in [6.07, 6.45) is 3.70. The third-order valence-corrected chi connectivity index (χ3v) is 3.49. The number of hydrogen-bond acceptors (Lipinski definition) is 2. The summed E-state index contributed by atoms with van der Waals surface area (Å²) in [4.78, 5) is 10.8. The van der Waals surface area contributed by atoms with Crippen LogP contribution in [0.15, 0.2) is 16.6 Å². The molecule has 0 aromatic heterocycles. The number of hydrogen-bond donors (Lipinski definition) is 2. The van der Waals surface area contributed by atoms with Gasteiger partial charge in [-0.05, 0) is 54.5 Å². The minimum Gasteiger partial charge on any atom is -0.480 e. The second-order valence-corrected chi connectivity index (χ2v) is 5.12. The van der Waals surface area contributed by atoms with E-state index in [4.69, 9.17) is 10.8 Å². The molecule has 1 aromatic rings. The standard InChI is InChI=1S/C12H14BrNO2/c13-9-4-7-2-1-3-10(7)8(5-9)6-11(14)12(15)16/h4-5,11H,1-3,6,14H2,(H,15,16). The maximum absolute atomic E-state index is 10.8. The number of carboxylic acids is 1. The molecule has 1 aromatic carbocycles. The Balaban J connectivity index is 2.30. The monoisotopic (exact) mass is 283 g/mol. The van der Waals surface area contributed by atoms with Gasteiger partial charge in [-0.25, -0.2) is 0 Å². The Morgan fingerprint density at radius 2 is 2.25 bits per heavy atom. The molecule has 3 N–H and O–H groups in total. The maximum Gasteiger partial charge on any atom is 0.320 e. The summed E-state index contributed by atoms with van der Waals surface area (Å²) < 4.78 is 1.01. The van der Waals surface area contributed by atoms with E-state index in [9.17, 15) is 4.79 Å². The van der Waals surface area contributed by atoms with Crippen LogP contribution in [0.4, 0.5) is 0 Å². The topological polar surface area (TPSA) is 63.3 Å². The summed E-state index contributed by atoms with van der Waals surface area (Å²) in [5.41, 5.74) is 9.30. The fourth-order valence-corrected chi connectivity index (χ4v) is 2.81. The largest absolute Gasteiger partial charge is 0.480 e. The first-order valence-electron chi connectivity index (χ1n) is 5.36. The Hall–Kier alpha value is -0.870. The summed E-state index contributed by atoms with van der Waals surface area (Å²) in [6, 6.07) is 3.31. The first kappa shape index (κ1) is 11.6. The molecule has 4 heteroatoms. The van der Waals surface area contributed by atoms with E-state index in [0.29, 0.717) is 6.42 Å². The smallest absolute Gasteiger partial charge is 0.320 e. The van der Waals surface area contributed by atoms with Gasteiger partial charge in [0.15, 0.2) is 0 Å². The third-order valence-electron chi connectivity index (χ3n) is 3.03. The molecular weight excluding hydrogens is 270 g/mol. The van der Waals surface area contributed by atoms with E-state index in [-0.39, 0.29) is 0 Å². The quantitative estimate of drug-likeness (QED) is 0.891.